The Kier molecular flexibility index (Phi) is 13.7. The van der Waals surface area contributed by atoms with Gasteiger partial charge in [0.1, 0.15) is 23.1 Å². The molecule has 0 aliphatic rings. The van der Waals surface area contributed by atoms with Gasteiger partial charge in [-0.2, -0.15) is 5.26 Å². The van der Waals surface area contributed by atoms with E-state index < -0.39 is 5.97 Å². The van der Waals surface area contributed by atoms with Gasteiger partial charge in [-0.3, -0.25) is 0 Å². The second-order valence-corrected chi connectivity index (χ2v) is 14.2. The quantitative estimate of drug-likeness (QED) is 0.0523. The van der Waals surface area contributed by atoms with Crippen molar-refractivity contribution in [3.8, 4) is 37.8 Å². The fourth-order valence-electron chi connectivity index (χ4n) is 5.51. The number of thiophene rings is 2. The molecule has 8 heteroatoms. The van der Waals surface area contributed by atoms with Crippen LogP contribution in [-0.4, -0.2) is 24.3 Å². The number of nitrogens with zero attached hydrogens (tertiary/aromatic N) is 2. The Hall–Kier alpha value is -4.84. The normalized spacial score (nSPS) is 11.3. The Morgan fingerprint density at radius 2 is 1.14 bits per heavy atom. The van der Waals surface area contributed by atoms with Gasteiger partial charge in [0.05, 0.1) is 13.2 Å². The molecule has 5 aromatic rings. The van der Waals surface area contributed by atoms with Gasteiger partial charge in [-0.25, -0.2) is 4.79 Å². The molecule has 1 N–H and O–H groups in total. The summed E-state index contributed by atoms with van der Waals surface area (Å²) in [7, 11) is 0. The largest absolute Gasteiger partial charge is 0.494 e. The fourth-order valence-corrected chi connectivity index (χ4v) is 7.57. The van der Waals surface area contributed by atoms with Crippen molar-refractivity contribution in [3.05, 3.63) is 108 Å². The van der Waals surface area contributed by atoms with Crippen molar-refractivity contribution in [2.75, 3.05) is 18.1 Å². The molecule has 0 saturated carbocycles. The number of benzene rings is 3. The van der Waals surface area contributed by atoms with Gasteiger partial charge in [0.15, 0.2) is 0 Å². The molecular weight excluding hydrogens is 661 g/mol. The monoisotopic (exact) mass is 704 g/mol. The first kappa shape index (κ1) is 36.4. The maximum absolute atomic E-state index is 11.3. The highest BCUT2D eigenvalue weighted by molar-refractivity contribution is 7.24. The van der Waals surface area contributed by atoms with Crippen molar-refractivity contribution in [2.45, 2.75) is 65.2 Å². The Labute approximate surface area is 303 Å². The van der Waals surface area contributed by atoms with E-state index in [4.69, 9.17) is 14.7 Å². The second kappa shape index (κ2) is 18.8. The van der Waals surface area contributed by atoms with Gasteiger partial charge in [-0.1, -0.05) is 64.5 Å². The number of anilines is 3. The number of nitriles is 1. The molecule has 5 rings (SSSR count). The van der Waals surface area contributed by atoms with Crippen molar-refractivity contribution < 1.29 is 19.4 Å². The Morgan fingerprint density at radius 3 is 1.64 bits per heavy atom. The summed E-state index contributed by atoms with van der Waals surface area (Å²) in [5, 5.41) is 18.3. The zero-order chi connectivity index (χ0) is 35.1. The molecule has 2 aromatic heterocycles. The van der Waals surface area contributed by atoms with Gasteiger partial charge in [0, 0.05) is 36.6 Å². The molecule has 6 nitrogen and oxygen atoms in total. The summed E-state index contributed by atoms with van der Waals surface area (Å²) in [6.45, 7) is 5.89. The Morgan fingerprint density at radius 1 is 0.660 bits per heavy atom. The van der Waals surface area contributed by atoms with Crippen molar-refractivity contribution in [1.29, 1.82) is 5.26 Å². The average molecular weight is 705 g/mol. The van der Waals surface area contributed by atoms with E-state index >= 15 is 0 Å². The van der Waals surface area contributed by atoms with E-state index in [9.17, 15) is 9.90 Å². The molecule has 2 heterocycles. The lowest BCUT2D eigenvalue weighted by atomic mass is 10.1. The van der Waals surface area contributed by atoms with E-state index in [1.165, 1.54) is 55.9 Å². The number of carboxylic acids is 1. The summed E-state index contributed by atoms with van der Waals surface area (Å²) >= 11 is 3.15. The predicted octanol–water partition coefficient (Wildman–Crippen LogP) is 12.5. The van der Waals surface area contributed by atoms with Crippen LogP contribution >= 0.6 is 22.7 Å². The zero-order valence-electron chi connectivity index (χ0n) is 28.8. The highest BCUT2D eigenvalue weighted by Gasteiger charge is 2.15. The first-order valence-corrected chi connectivity index (χ1v) is 19.0. The lowest BCUT2D eigenvalue weighted by Gasteiger charge is -2.26. The summed E-state index contributed by atoms with van der Waals surface area (Å²) in [5.74, 6) is 0.533. The molecule has 0 radical (unpaired) electrons. The first-order valence-electron chi connectivity index (χ1n) is 17.4. The topological polar surface area (TPSA) is 82.8 Å². The molecule has 0 fully saturated rings. The maximum atomic E-state index is 11.3. The molecule has 0 aliphatic heterocycles. The van der Waals surface area contributed by atoms with Gasteiger partial charge in [0.25, 0.3) is 0 Å². The number of hydrogen-bond donors (Lipinski definition) is 1. The molecule has 50 heavy (non-hydrogen) atoms. The molecular formula is C42H44N2O4S2. The second-order valence-electron chi connectivity index (χ2n) is 12.0. The smallest absolute Gasteiger partial charge is 0.346 e. The predicted molar refractivity (Wildman–Crippen MR) is 208 cm³/mol. The number of hydrogen-bond acceptors (Lipinski definition) is 7. The van der Waals surface area contributed by atoms with Crippen LogP contribution in [0.1, 0.15) is 70.1 Å². The highest BCUT2D eigenvalue weighted by atomic mass is 32.1. The summed E-state index contributed by atoms with van der Waals surface area (Å²) < 4.78 is 12.1. The van der Waals surface area contributed by atoms with E-state index in [2.05, 4.69) is 79.4 Å². The van der Waals surface area contributed by atoms with Crippen LogP contribution in [0.3, 0.4) is 0 Å². The molecule has 0 atom stereocenters. The van der Waals surface area contributed by atoms with Crippen LogP contribution in [0.4, 0.5) is 17.1 Å². The third kappa shape index (κ3) is 10.1. The average Bonchev–Trinajstić information content (AvgIpc) is 3.82. The van der Waals surface area contributed by atoms with E-state index in [0.717, 1.165) is 79.7 Å². The minimum atomic E-state index is -1.22. The lowest BCUT2D eigenvalue weighted by Crippen LogP contribution is -2.10. The summed E-state index contributed by atoms with van der Waals surface area (Å²) in [6.07, 6.45) is 10.8. The first-order chi connectivity index (χ1) is 24.5. The van der Waals surface area contributed by atoms with Crippen molar-refractivity contribution in [1.82, 2.24) is 0 Å². The van der Waals surface area contributed by atoms with Gasteiger partial charge in [-0.05, 0) is 109 Å². The number of unbranched alkanes of at least 4 members (excludes halogenated alkanes) is 6. The van der Waals surface area contributed by atoms with Gasteiger partial charge in [0.2, 0.25) is 0 Å². The summed E-state index contributed by atoms with van der Waals surface area (Å²) in [5.41, 5.74) is 3.94. The van der Waals surface area contributed by atoms with Crippen LogP contribution in [-0.2, 0) is 4.79 Å². The van der Waals surface area contributed by atoms with Crippen LogP contribution in [0.25, 0.3) is 26.3 Å². The number of carbonyl (C=O) groups is 1. The maximum Gasteiger partial charge on any atom is 0.346 e. The molecule has 0 aliphatic carbocycles. The van der Waals surface area contributed by atoms with Gasteiger partial charge in [-0.15, -0.1) is 22.7 Å². The van der Waals surface area contributed by atoms with E-state index in [0.29, 0.717) is 0 Å². The number of carboxylic acid groups (broad SMARTS) is 1. The SMILES string of the molecule is CCCCCCOc1ccc(N(c2ccc(OCCCCCC)cc2)c2ccc(-c3ccc(-c4ccc(/C=C(\C#N)C(=O)O)s4)s3)cc2)cc1. The molecule has 258 valence electrons. The van der Waals surface area contributed by atoms with Crippen LogP contribution < -0.4 is 14.4 Å². The van der Waals surface area contributed by atoms with Crippen molar-refractivity contribution >= 4 is 51.8 Å². The Bertz CT molecular complexity index is 1810. The molecule has 3 aromatic carbocycles. The van der Waals surface area contributed by atoms with Gasteiger partial charge < -0.3 is 19.5 Å². The lowest BCUT2D eigenvalue weighted by molar-refractivity contribution is -0.132. The minimum absolute atomic E-state index is 0.274. The van der Waals surface area contributed by atoms with Crippen molar-refractivity contribution in [2.24, 2.45) is 0 Å². The van der Waals surface area contributed by atoms with E-state index in [1.807, 2.05) is 36.4 Å². The zero-order valence-corrected chi connectivity index (χ0v) is 30.4. The molecule has 0 saturated heterocycles. The van der Waals surface area contributed by atoms with Crippen LogP contribution in [0, 0.1) is 11.3 Å². The third-order valence-corrected chi connectivity index (χ3v) is 10.6. The van der Waals surface area contributed by atoms with E-state index in [-0.39, 0.29) is 5.57 Å². The highest BCUT2D eigenvalue weighted by Crippen LogP contribution is 2.40. The third-order valence-electron chi connectivity index (χ3n) is 8.25. The fraction of sp³-hybridized carbons (Fsp3) is 0.286. The van der Waals surface area contributed by atoms with Gasteiger partial charge >= 0.3 is 5.97 Å². The Balaban J connectivity index is 1.35. The molecule has 0 spiro atoms. The minimum Gasteiger partial charge on any atom is -0.494 e. The summed E-state index contributed by atoms with van der Waals surface area (Å²) in [4.78, 5) is 17.5. The summed E-state index contributed by atoms with van der Waals surface area (Å²) in [6, 6.07) is 35.0. The molecule has 0 amide bonds. The van der Waals surface area contributed by atoms with Crippen molar-refractivity contribution in [3.63, 3.8) is 0 Å². The molecule has 0 bridgehead atoms. The number of ether oxygens (including phenoxy) is 2. The van der Waals surface area contributed by atoms with E-state index in [1.54, 1.807) is 17.4 Å². The molecule has 0 unspecified atom stereocenters. The van der Waals surface area contributed by atoms with Crippen LogP contribution in [0.5, 0.6) is 11.5 Å². The van der Waals surface area contributed by atoms with Crippen LogP contribution in [0.15, 0.2) is 103 Å². The van der Waals surface area contributed by atoms with Crippen LogP contribution in [0.2, 0.25) is 0 Å². The standard InChI is InChI=1S/C42H44N2O4S2/c1-3-5-7-9-27-47-36-19-15-34(16-20-36)44(35-17-21-37(22-18-35)48-28-10-8-6-4-2)33-13-11-31(12-14-33)39-25-26-41(50-39)40-24-23-38(49-40)29-32(30-43)42(45)46/h11-26,29H,3-10,27-28H2,1-2H3,(H,45,46)/b32-29+. The number of aliphatic carboxylic acids is 1. The number of rotatable bonds is 19.